The third-order valence-electron chi connectivity index (χ3n) is 4.92. The van der Waals surface area contributed by atoms with E-state index >= 15 is 0 Å². The molecule has 0 aliphatic carbocycles. The van der Waals surface area contributed by atoms with Crippen LogP contribution in [0.3, 0.4) is 0 Å². The van der Waals surface area contributed by atoms with Crippen LogP contribution in [0, 0.1) is 25.1 Å². The number of sulfonamides is 1. The van der Waals surface area contributed by atoms with Crippen LogP contribution >= 0.6 is 0 Å². The third-order valence-corrected chi connectivity index (χ3v) is 6.44. The van der Waals surface area contributed by atoms with Gasteiger partial charge in [-0.2, -0.15) is 4.98 Å². The number of ether oxygens (including phenoxy) is 1. The number of carbonyl (C=O) groups excluding carboxylic acids is 1. The number of hydrogen-bond acceptors (Lipinski definition) is 8. The lowest BCUT2D eigenvalue weighted by atomic mass is 10.2. The first kappa shape index (κ1) is 26.4. The van der Waals surface area contributed by atoms with Gasteiger partial charge in [-0.25, -0.2) is 22.5 Å². The summed E-state index contributed by atoms with van der Waals surface area (Å²) in [5.74, 6) is 1.63. The zero-order chi connectivity index (χ0) is 26.1. The van der Waals surface area contributed by atoms with E-state index in [0.29, 0.717) is 29.1 Å². The number of terminal acetylenes is 1. The van der Waals surface area contributed by atoms with Crippen LogP contribution in [0.5, 0.6) is 5.75 Å². The van der Waals surface area contributed by atoms with Crippen molar-refractivity contribution in [2.45, 2.75) is 38.0 Å². The number of unbranched alkanes of at least 4 members (excludes halogenated alkanes) is 1. The van der Waals surface area contributed by atoms with Crippen molar-refractivity contribution in [2.75, 3.05) is 17.2 Å². The van der Waals surface area contributed by atoms with E-state index in [1.54, 1.807) is 43.3 Å². The second-order valence-electron chi connectivity index (χ2n) is 7.77. The molecule has 3 N–H and O–H groups in total. The van der Waals surface area contributed by atoms with Gasteiger partial charge >= 0.3 is 0 Å². The summed E-state index contributed by atoms with van der Waals surface area (Å²) >= 11 is 0. The van der Waals surface area contributed by atoms with Crippen molar-refractivity contribution < 1.29 is 22.3 Å². The molecule has 9 nitrogen and oxygen atoms in total. The summed E-state index contributed by atoms with van der Waals surface area (Å²) in [5.41, 5.74) is 1.34. The fraction of sp³-hybridized carbons (Fsp3) is 0.240. The van der Waals surface area contributed by atoms with Gasteiger partial charge in [0.05, 0.1) is 11.1 Å². The van der Waals surface area contributed by atoms with Crippen LogP contribution in [0.25, 0.3) is 0 Å². The van der Waals surface area contributed by atoms with Crippen molar-refractivity contribution in [3.63, 3.8) is 0 Å². The number of anilines is 4. The number of aromatic nitrogens is 2. The zero-order valence-corrected chi connectivity index (χ0v) is 20.7. The summed E-state index contributed by atoms with van der Waals surface area (Å²) in [7, 11) is -4.07. The highest BCUT2D eigenvalue weighted by Gasteiger charge is 2.20. The molecule has 188 valence electrons. The lowest BCUT2D eigenvalue weighted by Gasteiger charge is -2.13. The van der Waals surface area contributed by atoms with Gasteiger partial charge in [0.1, 0.15) is 12.4 Å². The van der Waals surface area contributed by atoms with Gasteiger partial charge in [0.15, 0.2) is 11.6 Å². The number of carbonyl (C=O) groups is 1. The molecule has 0 radical (unpaired) electrons. The second-order valence-corrected chi connectivity index (χ2v) is 9.42. The number of benzene rings is 2. The topological polar surface area (TPSA) is 122 Å². The Morgan fingerprint density at radius 2 is 1.86 bits per heavy atom. The summed E-state index contributed by atoms with van der Waals surface area (Å²) in [6, 6.07) is 11.3. The zero-order valence-electron chi connectivity index (χ0n) is 19.8. The normalized spacial score (nSPS) is 10.8. The lowest BCUT2D eigenvalue weighted by molar-refractivity contribution is -0.119. The molecule has 0 saturated heterocycles. The predicted octanol–water partition coefficient (Wildman–Crippen LogP) is 4.42. The molecule has 1 heterocycles. The fourth-order valence-corrected chi connectivity index (χ4v) is 4.39. The van der Waals surface area contributed by atoms with E-state index in [9.17, 15) is 17.6 Å². The van der Waals surface area contributed by atoms with Crippen LogP contribution < -0.4 is 20.1 Å². The molecular formula is C25H26FN5O4S. The Labute approximate surface area is 209 Å². The van der Waals surface area contributed by atoms with E-state index in [1.807, 2.05) is 6.92 Å². The number of amides is 1. The number of nitrogens with zero attached hydrogens (tertiary/aromatic N) is 2. The summed E-state index contributed by atoms with van der Waals surface area (Å²) in [5, 5.41) is 5.73. The molecule has 3 rings (SSSR count). The van der Waals surface area contributed by atoms with E-state index in [2.05, 4.69) is 31.2 Å². The van der Waals surface area contributed by atoms with Crippen molar-refractivity contribution in [2.24, 2.45) is 0 Å². The minimum absolute atomic E-state index is 0.0343. The average Bonchev–Trinajstić information content (AvgIpc) is 2.85. The third kappa shape index (κ3) is 7.16. The highest BCUT2D eigenvalue weighted by Crippen LogP contribution is 2.25. The first-order valence-corrected chi connectivity index (χ1v) is 12.6. The monoisotopic (exact) mass is 511 g/mol. The Kier molecular flexibility index (Phi) is 8.81. The first-order valence-electron chi connectivity index (χ1n) is 11.1. The molecule has 0 aliphatic rings. The number of aryl methyl sites for hydroxylation is 1. The molecule has 1 aromatic heterocycles. The molecule has 1 amide bonds. The maximum atomic E-state index is 14.3. The van der Waals surface area contributed by atoms with Crippen LogP contribution in [-0.4, -0.2) is 30.9 Å². The molecule has 0 saturated carbocycles. The summed E-state index contributed by atoms with van der Waals surface area (Å²) in [6.45, 7) is 3.66. The molecule has 3 aromatic rings. The van der Waals surface area contributed by atoms with Gasteiger partial charge in [-0.05, 0) is 55.3 Å². The largest absolute Gasteiger partial charge is 0.481 e. The highest BCUT2D eigenvalue weighted by atomic mass is 32.2. The van der Waals surface area contributed by atoms with Gasteiger partial charge in [0.2, 0.25) is 11.9 Å². The second kappa shape index (κ2) is 12.0. The van der Waals surface area contributed by atoms with E-state index < -0.39 is 21.7 Å². The van der Waals surface area contributed by atoms with Crippen molar-refractivity contribution in [1.29, 1.82) is 0 Å². The van der Waals surface area contributed by atoms with Crippen LogP contribution in [0.1, 0.15) is 31.7 Å². The van der Waals surface area contributed by atoms with Crippen LogP contribution in [0.2, 0.25) is 0 Å². The molecular weight excluding hydrogens is 485 g/mol. The molecule has 0 bridgehead atoms. The van der Waals surface area contributed by atoms with Crippen LogP contribution in [-0.2, 0) is 14.8 Å². The van der Waals surface area contributed by atoms with Gasteiger partial charge < -0.3 is 15.4 Å². The standard InChI is InChI=1S/C25H26FN5O4S/c1-4-6-7-23(32)31-36(33,34)22-15-19(9-8-17(22)3)29-25-27-16-21(26)24(30-25)28-18-10-12-20(13-11-18)35-14-5-2/h2,8-13,15-16H,4,6-7,14H2,1,3H3,(H,31,32)(H2,27,28,29,30). The van der Waals surface area contributed by atoms with E-state index in [1.165, 1.54) is 6.07 Å². The van der Waals surface area contributed by atoms with Crippen LogP contribution in [0.4, 0.5) is 27.5 Å². The SMILES string of the molecule is C#CCOc1ccc(Nc2nc(Nc3ccc(C)c(S(=O)(=O)NC(=O)CCCC)c3)ncc2F)cc1. The smallest absolute Gasteiger partial charge is 0.264 e. The van der Waals surface area contributed by atoms with E-state index in [0.717, 1.165) is 12.6 Å². The lowest BCUT2D eigenvalue weighted by Crippen LogP contribution is -2.30. The summed E-state index contributed by atoms with van der Waals surface area (Å²) in [6.07, 6.45) is 7.63. The Hall–Kier alpha value is -4.17. The number of halogens is 1. The Bertz CT molecular complexity index is 1370. The Balaban J connectivity index is 1.77. The molecule has 0 atom stereocenters. The minimum atomic E-state index is -4.07. The predicted molar refractivity (Wildman–Crippen MR) is 135 cm³/mol. The van der Waals surface area contributed by atoms with Crippen molar-refractivity contribution >= 4 is 39.1 Å². The van der Waals surface area contributed by atoms with Crippen LogP contribution in [0.15, 0.2) is 53.6 Å². The fourth-order valence-electron chi connectivity index (χ4n) is 3.10. The molecule has 36 heavy (non-hydrogen) atoms. The maximum absolute atomic E-state index is 14.3. The number of hydrogen-bond donors (Lipinski definition) is 3. The molecule has 2 aromatic carbocycles. The molecule has 11 heteroatoms. The maximum Gasteiger partial charge on any atom is 0.264 e. The summed E-state index contributed by atoms with van der Waals surface area (Å²) in [4.78, 5) is 20.0. The van der Waals surface area contributed by atoms with E-state index in [4.69, 9.17) is 11.2 Å². The van der Waals surface area contributed by atoms with E-state index in [-0.39, 0.29) is 29.7 Å². The number of rotatable bonds is 11. The number of nitrogens with one attached hydrogen (secondary N) is 3. The van der Waals surface area contributed by atoms with Gasteiger partial charge in [-0.1, -0.05) is 25.3 Å². The molecule has 0 aliphatic heterocycles. The highest BCUT2D eigenvalue weighted by molar-refractivity contribution is 7.90. The van der Waals surface area contributed by atoms with Gasteiger partial charge in [0, 0.05) is 17.8 Å². The Morgan fingerprint density at radius 1 is 1.14 bits per heavy atom. The molecule has 0 fully saturated rings. The van der Waals surface area contributed by atoms with Gasteiger partial charge in [0.25, 0.3) is 10.0 Å². The average molecular weight is 512 g/mol. The molecule has 0 spiro atoms. The van der Waals surface area contributed by atoms with Crippen molar-refractivity contribution in [1.82, 2.24) is 14.7 Å². The van der Waals surface area contributed by atoms with Crippen molar-refractivity contribution in [3.8, 4) is 18.1 Å². The molecule has 0 unspecified atom stereocenters. The van der Waals surface area contributed by atoms with Gasteiger partial charge in [-0.3, -0.25) is 4.79 Å². The van der Waals surface area contributed by atoms with Gasteiger partial charge in [-0.15, -0.1) is 6.42 Å². The first-order chi connectivity index (χ1) is 17.2. The summed E-state index contributed by atoms with van der Waals surface area (Å²) < 4.78 is 47.2. The quantitative estimate of drug-likeness (QED) is 0.324. The minimum Gasteiger partial charge on any atom is -0.481 e. The van der Waals surface area contributed by atoms with Crippen molar-refractivity contribution in [3.05, 3.63) is 60.0 Å². The Morgan fingerprint density at radius 3 is 2.56 bits per heavy atom.